The predicted molar refractivity (Wildman–Crippen MR) is 79.4 cm³/mol. The molecule has 0 aliphatic carbocycles. The van der Waals surface area contributed by atoms with Crippen molar-refractivity contribution in [3.05, 3.63) is 48.0 Å². The van der Waals surface area contributed by atoms with Gasteiger partial charge in [0.05, 0.1) is 6.54 Å². The molecule has 0 amide bonds. The summed E-state index contributed by atoms with van der Waals surface area (Å²) in [6.45, 7) is 3.22. The number of halogens is 1. The molecule has 2 aromatic rings. The molecule has 0 saturated carbocycles. The molecule has 1 atom stereocenters. The van der Waals surface area contributed by atoms with Crippen LogP contribution in [-0.4, -0.2) is 22.3 Å². The van der Waals surface area contributed by atoms with Gasteiger partial charge in [0.15, 0.2) is 0 Å². The third kappa shape index (κ3) is 4.28. The third-order valence-electron chi connectivity index (χ3n) is 2.92. The van der Waals surface area contributed by atoms with E-state index in [1.54, 1.807) is 12.1 Å². The van der Waals surface area contributed by atoms with Gasteiger partial charge in [-0.1, -0.05) is 6.92 Å². The Labute approximate surface area is 120 Å². The molecule has 0 spiro atoms. The van der Waals surface area contributed by atoms with Gasteiger partial charge >= 0.3 is 0 Å². The lowest BCUT2D eigenvalue weighted by Crippen LogP contribution is -2.20. The first-order valence-corrected chi connectivity index (χ1v) is 8.08. The molecule has 1 unspecified atom stereocenters. The van der Waals surface area contributed by atoms with Crippen LogP contribution >= 0.6 is 0 Å². The first kappa shape index (κ1) is 14.9. The molecule has 108 valence electrons. The Morgan fingerprint density at radius 3 is 2.65 bits per heavy atom. The van der Waals surface area contributed by atoms with E-state index in [0.717, 1.165) is 17.1 Å². The van der Waals surface area contributed by atoms with Crippen molar-refractivity contribution in [2.45, 2.75) is 13.5 Å². The molecule has 0 fully saturated rings. The van der Waals surface area contributed by atoms with Crippen molar-refractivity contribution in [3.63, 3.8) is 0 Å². The molecule has 0 aliphatic heterocycles. The van der Waals surface area contributed by atoms with Gasteiger partial charge in [0, 0.05) is 34.4 Å². The molecule has 20 heavy (non-hydrogen) atoms. The number of nitrogens with one attached hydrogen (secondary N) is 1. The van der Waals surface area contributed by atoms with Crippen molar-refractivity contribution in [2.24, 2.45) is 0 Å². The standard InChI is InChI=1S/C15H18FNO2S/c1-2-20(18)10-9-17-11-14-7-8-15(19-14)12-3-5-13(16)6-4-12/h3-8,17H,2,9-11H2,1H3. The van der Waals surface area contributed by atoms with Crippen LogP contribution < -0.4 is 5.32 Å². The molecule has 1 aromatic carbocycles. The van der Waals surface area contributed by atoms with E-state index in [4.69, 9.17) is 4.42 Å². The summed E-state index contributed by atoms with van der Waals surface area (Å²) in [7, 11) is -0.740. The summed E-state index contributed by atoms with van der Waals surface area (Å²) in [5.41, 5.74) is 0.852. The maximum atomic E-state index is 12.8. The summed E-state index contributed by atoms with van der Waals surface area (Å²) < 4.78 is 29.8. The molecule has 0 bridgehead atoms. The van der Waals surface area contributed by atoms with E-state index >= 15 is 0 Å². The Bertz CT molecular complexity index is 566. The van der Waals surface area contributed by atoms with E-state index < -0.39 is 10.8 Å². The average Bonchev–Trinajstić information content (AvgIpc) is 2.93. The van der Waals surface area contributed by atoms with Crippen molar-refractivity contribution in [3.8, 4) is 11.3 Å². The van der Waals surface area contributed by atoms with E-state index in [9.17, 15) is 8.60 Å². The summed E-state index contributed by atoms with van der Waals surface area (Å²) in [4.78, 5) is 0. The Hall–Kier alpha value is -1.46. The van der Waals surface area contributed by atoms with Crippen LogP contribution in [0, 0.1) is 5.82 Å². The molecule has 0 aliphatic rings. The highest BCUT2D eigenvalue weighted by molar-refractivity contribution is 7.84. The number of furan rings is 1. The fraction of sp³-hybridized carbons (Fsp3) is 0.333. The van der Waals surface area contributed by atoms with Crippen molar-refractivity contribution < 1.29 is 13.0 Å². The van der Waals surface area contributed by atoms with Gasteiger partial charge in [-0.3, -0.25) is 4.21 Å². The molecule has 1 heterocycles. The SMILES string of the molecule is CCS(=O)CCNCc1ccc(-c2ccc(F)cc2)o1. The second-order valence-corrected chi connectivity index (χ2v) is 6.25. The molecule has 3 nitrogen and oxygen atoms in total. The predicted octanol–water partition coefficient (Wildman–Crippen LogP) is 2.94. The lowest BCUT2D eigenvalue weighted by molar-refractivity contribution is 0.498. The average molecular weight is 295 g/mol. The monoisotopic (exact) mass is 295 g/mol. The van der Waals surface area contributed by atoms with E-state index in [0.29, 0.717) is 24.6 Å². The number of hydrogen-bond acceptors (Lipinski definition) is 3. The summed E-state index contributed by atoms with van der Waals surface area (Å²) in [6.07, 6.45) is 0. The molecule has 0 saturated heterocycles. The highest BCUT2D eigenvalue weighted by Gasteiger charge is 2.05. The second kappa shape index (κ2) is 7.36. The van der Waals surface area contributed by atoms with Crippen LogP contribution in [0.1, 0.15) is 12.7 Å². The molecule has 1 N–H and O–H groups in total. The molecular weight excluding hydrogens is 277 g/mol. The van der Waals surface area contributed by atoms with Gasteiger partial charge < -0.3 is 9.73 Å². The topological polar surface area (TPSA) is 42.2 Å². The Morgan fingerprint density at radius 2 is 1.95 bits per heavy atom. The summed E-state index contributed by atoms with van der Waals surface area (Å²) >= 11 is 0. The zero-order valence-corrected chi connectivity index (χ0v) is 12.2. The minimum Gasteiger partial charge on any atom is -0.460 e. The second-order valence-electron chi connectivity index (χ2n) is 4.38. The Balaban J connectivity index is 1.86. The largest absolute Gasteiger partial charge is 0.460 e. The number of rotatable bonds is 7. The van der Waals surface area contributed by atoms with Gasteiger partial charge in [-0.15, -0.1) is 0 Å². The minimum atomic E-state index is -0.740. The minimum absolute atomic E-state index is 0.258. The quantitative estimate of drug-likeness (QED) is 0.799. The van der Waals surface area contributed by atoms with E-state index in [1.165, 1.54) is 12.1 Å². The van der Waals surface area contributed by atoms with Crippen LogP contribution in [0.5, 0.6) is 0 Å². The van der Waals surface area contributed by atoms with Gasteiger partial charge in [-0.25, -0.2) is 4.39 Å². The fourth-order valence-corrected chi connectivity index (χ4v) is 2.44. The van der Waals surface area contributed by atoms with Crippen LogP contribution in [-0.2, 0) is 17.3 Å². The van der Waals surface area contributed by atoms with Crippen molar-refractivity contribution in [2.75, 3.05) is 18.1 Å². The van der Waals surface area contributed by atoms with Gasteiger partial charge in [-0.05, 0) is 36.4 Å². The molecule has 1 aromatic heterocycles. The Morgan fingerprint density at radius 1 is 1.20 bits per heavy atom. The van der Waals surface area contributed by atoms with E-state index in [-0.39, 0.29) is 5.82 Å². The van der Waals surface area contributed by atoms with Crippen LogP contribution in [0.25, 0.3) is 11.3 Å². The smallest absolute Gasteiger partial charge is 0.134 e. The van der Waals surface area contributed by atoms with Gasteiger partial charge in [0.1, 0.15) is 17.3 Å². The third-order valence-corrected chi connectivity index (χ3v) is 4.22. The zero-order chi connectivity index (χ0) is 14.4. The normalized spacial score (nSPS) is 12.5. The van der Waals surface area contributed by atoms with Crippen molar-refractivity contribution in [1.29, 1.82) is 0 Å². The van der Waals surface area contributed by atoms with Gasteiger partial charge in [0.2, 0.25) is 0 Å². The first-order valence-electron chi connectivity index (χ1n) is 6.59. The summed E-state index contributed by atoms with van der Waals surface area (Å²) in [6, 6.07) is 9.97. The zero-order valence-electron chi connectivity index (χ0n) is 11.4. The number of benzene rings is 1. The van der Waals surface area contributed by atoms with Crippen LogP contribution in [0.4, 0.5) is 4.39 Å². The van der Waals surface area contributed by atoms with Crippen LogP contribution in [0.3, 0.4) is 0 Å². The number of hydrogen-bond donors (Lipinski definition) is 1. The fourth-order valence-electron chi connectivity index (χ4n) is 1.78. The van der Waals surface area contributed by atoms with Gasteiger partial charge in [-0.2, -0.15) is 0 Å². The van der Waals surface area contributed by atoms with Crippen molar-refractivity contribution in [1.82, 2.24) is 5.32 Å². The maximum Gasteiger partial charge on any atom is 0.134 e. The highest BCUT2D eigenvalue weighted by atomic mass is 32.2. The van der Waals surface area contributed by atoms with Crippen LogP contribution in [0.2, 0.25) is 0 Å². The molecule has 5 heteroatoms. The summed E-state index contributed by atoms with van der Waals surface area (Å²) in [5.74, 6) is 2.62. The highest BCUT2D eigenvalue weighted by Crippen LogP contribution is 2.22. The molecule has 0 radical (unpaired) electrons. The van der Waals surface area contributed by atoms with Crippen molar-refractivity contribution >= 4 is 10.8 Å². The van der Waals surface area contributed by atoms with Gasteiger partial charge in [0.25, 0.3) is 0 Å². The Kier molecular flexibility index (Phi) is 5.49. The molecule has 2 rings (SSSR count). The maximum absolute atomic E-state index is 12.8. The molecular formula is C15H18FNO2S. The first-order chi connectivity index (χ1) is 9.69. The van der Waals surface area contributed by atoms with E-state index in [2.05, 4.69) is 5.32 Å². The summed E-state index contributed by atoms with van der Waals surface area (Å²) in [5, 5.41) is 3.19. The van der Waals surface area contributed by atoms with E-state index in [1.807, 2.05) is 19.1 Å². The van der Waals surface area contributed by atoms with Crippen LogP contribution in [0.15, 0.2) is 40.8 Å². The lowest BCUT2D eigenvalue weighted by Gasteiger charge is -2.02. The lowest BCUT2D eigenvalue weighted by atomic mass is 10.2.